The molecule has 44 valence electrons. The summed E-state index contributed by atoms with van der Waals surface area (Å²) in [4.78, 5) is 3.59. The molecule has 1 unspecified atom stereocenters. The van der Waals surface area contributed by atoms with Crippen molar-refractivity contribution in [3.05, 3.63) is 12.3 Å². The second-order valence-electron chi connectivity index (χ2n) is 1.39. The first-order valence-corrected chi connectivity index (χ1v) is 2.21. The quantitative estimate of drug-likeness (QED) is 0.429. The van der Waals surface area contributed by atoms with Gasteiger partial charge >= 0.3 is 0 Å². The normalized spacial score (nSPS) is 26.6. The molecule has 0 radical (unpaired) electrons. The summed E-state index contributed by atoms with van der Waals surface area (Å²) in [5.41, 5.74) is 10.4. The predicted octanol–water partition coefficient (Wildman–Crippen LogP) is -0.870. The van der Waals surface area contributed by atoms with Gasteiger partial charge in [-0.05, 0) is 6.08 Å². The van der Waals surface area contributed by atoms with E-state index in [1.165, 1.54) is 6.20 Å². The number of nitrogens with two attached hydrogens (primary N) is 2. The van der Waals surface area contributed by atoms with Crippen molar-refractivity contribution in [2.24, 2.45) is 16.5 Å². The lowest BCUT2D eigenvalue weighted by Gasteiger charge is -2.10. The van der Waals surface area contributed by atoms with Crippen LogP contribution in [-0.2, 0) is 4.74 Å². The molecule has 4 N–H and O–H groups in total. The van der Waals surface area contributed by atoms with Gasteiger partial charge in [0.15, 0.2) is 6.23 Å². The molecule has 4 nitrogen and oxygen atoms in total. The van der Waals surface area contributed by atoms with Crippen LogP contribution in [0.25, 0.3) is 0 Å². The largest absolute Gasteiger partial charge is 0.443 e. The molecule has 0 aliphatic carbocycles. The third kappa shape index (κ3) is 0.974. The highest BCUT2D eigenvalue weighted by atomic mass is 16.5. The third-order valence-electron chi connectivity index (χ3n) is 0.734. The number of ether oxygens (including phenoxy) is 1. The van der Waals surface area contributed by atoms with Crippen molar-refractivity contribution in [3.63, 3.8) is 0 Å². The molecule has 1 atom stereocenters. The fourth-order valence-electron chi connectivity index (χ4n) is 0.410. The monoisotopic (exact) mass is 113 g/mol. The SMILES string of the molecule is NC1=NC=CC(N)O1. The van der Waals surface area contributed by atoms with Crippen LogP contribution in [-0.4, -0.2) is 12.2 Å². The van der Waals surface area contributed by atoms with Crippen molar-refractivity contribution in [1.82, 2.24) is 0 Å². The first-order valence-electron chi connectivity index (χ1n) is 2.21. The Hall–Kier alpha value is -1.03. The second-order valence-corrected chi connectivity index (χ2v) is 1.39. The molecular weight excluding hydrogens is 106 g/mol. The van der Waals surface area contributed by atoms with E-state index in [1.807, 2.05) is 0 Å². The molecule has 0 aromatic rings. The van der Waals surface area contributed by atoms with E-state index in [0.717, 1.165) is 0 Å². The Morgan fingerprint density at radius 3 is 2.88 bits per heavy atom. The van der Waals surface area contributed by atoms with E-state index < -0.39 is 6.23 Å². The van der Waals surface area contributed by atoms with Gasteiger partial charge in [-0.2, -0.15) is 0 Å². The van der Waals surface area contributed by atoms with E-state index >= 15 is 0 Å². The highest BCUT2D eigenvalue weighted by Crippen LogP contribution is 1.92. The molecule has 1 heterocycles. The highest BCUT2D eigenvalue weighted by Gasteiger charge is 2.02. The maximum atomic E-state index is 5.26. The summed E-state index contributed by atoms with van der Waals surface area (Å²) >= 11 is 0. The summed E-state index contributed by atoms with van der Waals surface area (Å²) in [6, 6.07) is 0.125. The van der Waals surface area contributed by atoms with Gasteiger partial charge in [-0.15, -0.1) is 0 Å². The van der Waals surface area contributed by atoms with Gasteiger partial charge in [-0.1, -0.05) is 0 Å². The number of nitrogens with zero attached hydrogens (tertiary/aromatic N) is 1. The zero-order chi connectivity index (χ0) is 5.98. The maximum Gasteiger partial charge on any atom is 0.288 e. The molecule has 0 aromatic carbocycles. The maximum absolute atomic E-state index is 5.26. The summed E-state index contributed by atoms with van der Waals surface area (Å²) in [5, 5.41) is 0. The van der Waals surface area contributed by atoms with Crippen LogP contribution in [0.5, 0.6) is 0 Å². The molecule has 0 aromatic heterocycles. The van der Waals surface area contributed by atoms with E-state index in [1.54, 1.807) is 6.08 Å². The van der Waals surface area contributed by atoms with Gasteiger partial charge < -0.3 is 10.5 Å². The number of amidine groups is 1. The van der Waals surface area contributed by atoms with Gasteiger partial charge in [0.25, 0.3) is 6.02 Å². The summed E-state index contributed by atoms with van der Waals surface area (Å²) in [7, 11) is 0. The van der Waals surface area contributed by atoms with Crippen molar-refractivity contribution in [3.8, 4) is 0 Å². The van der Waals surface area contributed by atoms with E-state index in [9.17, 15) is 0 Å². The van der Waals surface area contributed by atoms with Crippen LogP contribution < -0.4 is 11.5 Å². The van der Waals surface area contributed by atoms with E-state index in [-0.39, 0.29) is 6.02 Å². The minimum atomic E-state index is -0.424. The van der Waals surface area contributed by atoms with Gasteiger partial charge in [-0.25, -0.2) is 4.99 Å². The minimum absolute atomic E-state index is 0.125. The molecule has 4 heteroatoms. The van der Waals surface area contributed by atoms with Gasteiger partial charge in [0.2, 0.25) is 0 Å². The van der Waals surface area contributed by atoms with Crippen LogP contribution in [0.2, 0.25) is 0 Å². The topological polar surface area (TPSA) is 73.6 Å². The number of rotatable bonds is 0. The minimum Gasteiger partial charge on any atom is -0.443 e. The first-order chi connectivity index (χ1) is 3.79. The Labute approximate surface area is 46.8 Å². The van der Waals surface area contributed by atoms with E-state index in [0.29, 0.717) is 0 Å². The average molecular weight is 113 g/mol. The summed E-state index contributed by atoms with van der Waals surface area (Å²) < 4.78 is 4.70. The number of aliphatic imine (C=N–C) groups is 1. The number of hydrogen-bond donors (Lipinski definition) is 2. The summed E-state index contributed by atoms with van der Waals surface area (Å²) in [6.07, 6.45) is 2.70. The van der Waals surface area contributed by atoms with Crippen LogP contribution >= 0.6 is 0 Å². The molecule has 0 bridgehead atoms. The Morgan fingerprint density at radius 1 is 1.75 bits per heavy atom. The van der Waals surface area contributed by atoms with Gasteiger partial charge in [0.05, 0.1) is 0 Å². The third-order valence-corrected chi connectivity index (χ3v) is 0.734. The Bertz CT molecular complexity index is 140. The Kier molecular flexibility index (Phi) is 1.17. The molecular formula is C4H7N3O. The van der Waals surface area contributed by atoms with Crippen molar-refractivity contribution < 1.29 is 4.74 Å². The van der Waals surface area contributed by atoms with Crippen LogP contribution in [0.1, 0.15) is 0 Å². The number of hydrogen-bond acceptors (Lipinski definition) is 4. The predicted molar refractivity (Wildman–Crippen MR) is 29.8 cm³/mol. The van der Waals surface area contributed by atoms with Crippen molar-refractivity contribution >= 4 is 6.02 Å². The highest BCUT2D eigenvalue weighted by molar-refractivity contribution is 5.73. The second kappa shape index (κ2) is 1.83. The van der Waals surface area contributed by atoms with Crippen molar-refractivity contribution in [2.45, 2.75) is 6.23 Å². The Morgan fingerprint density at radius 2 is 2.50 bits per heavy atom. The lowest BCUT2D eigenvalue weighted by atomic mass is 10.5. The Balaban J connectivity index is 2.59. The molecule has 0 saturated carbocycles. The van der Waals surface area contributed by atoms with Crippen LogP contribution in [0.3, 0.4) is 0 Å². The molecule has 0 spiro atoms. The molecule has 1 aliphatic rings. The van der Waals surface area contributed by atoms with Gasteiger partial charge in [0, 0.05) is 6.20 Å². The standard InChI is InChI=1S/C4H7N3O/c5-3-1-2-7-4(6)8-3/h1-3H,5H2,(H2,6,7). The zero-order valence-electron chi connectivity index (χ0n) is 4.24. The molecule has 8 heavy (non-hydrogen) atoms. The fraction of sp³-hybridized carbons (Fsp3) is 0.250. The zero-order valence-corrected chi connectivity index (χ0v) is 4.24. The fourth-order valence-corrected chi connectivity index (χ4v) is 0.410. The summed E-state index contributed by atoms with van der Waals surface area (Å²) in [5.74, 6) is 0. The lowest BCUT2D eigenvalue weighted by molar-refractivity contribution is 0.235. The van der Waals surface area contributed by atoms with Crippen LogP contribution in [0, 0.1) is 0 Å². The molecule has 0 amide bonds. The van der Waals surface area contributed by atoms with E-state index in [2.05, 4.69) is 4.99 Å². The van der Waals surface area contributed by atoms with Crippen LogP contribution in [0.15, 0.2) is 17.3 Å². The molecule has 1 aliphatic heterocycles. The first kappa shape index (κ1) is 5.11. The van der Waals surface area contributed by atoms with Crippen molar-refractivity contribution in [2.75, 3.05) is 0 Å². The molecule has 0 saturated heterocycles. The van der Waals surface area contributed by atoms with Gasteiger partial charge in [0.1, 0.15) is 0 Å². The smallest absolute Gasteiger partial charge is 0.288 e. The summed E-state index contributed by atoms with van der Waals surface area (Å²) in [6.45, 7) is 0. The van der Waals surface area contributed by atoms with Gasteiger partial charge in [-0.3, -0.25) is 5.73 Å². The van der Waals surface area contributed by atoms with Crippen molar-refractivity contribution in [1.29, 1.82) is 0 Å². The van der Waals surface area contributed by atoms with E-state index in [4.69, 9.17) is 16.2 Å². The molecule has 1 rings (SSSR count). The average Bonchev–Trinajstić information content (AvgIpc) is 1.64. The van der Waals surface area contributed by atoms with Crippen LogP contribution in [0.4, 0.5) is 0 Å². The lowest BCUT2D eigenvalue weighted by Crippen LogP contribution is -2.31. The molecule has 0 fully saturated rings.